The van der Waals surface area contributed by atoms with Crippen molar-refractivity contribution in [3.63, 3.8) is 0 Å². The molecule has 0 saturated carbocycles. The van der Waals surface area contributed by atoms with Crippen LogP contribution in [0.5, 0.6) is 0 Å². The lowest BCUT2D eigenvalue weighted by molar-refractivity contribution is 0.660. The SMILES string of the molecule is CC1(C)c2ccccc2-c2ccc(N(c3ccc4c(c3)C(C)(C)c3ccccc3-4)c3cccc4oc5cc(-c6cccc7oc8ccccc8c67)c6ccccc6c5c34)cc21. The molecular weight excluding hydrogens is 743 g/mol. The first-order valence-corrected chi connectivity index (χ1v) is 21.3. The van der Waals surface area contributed by atoms with Gasteiger partial charge >= 0.3 is 0 Å². The van der Waals surface area contributed by atoms with Gasteiger partial charge in [0.25, 0.3) is 0 Å². The van der Waals surface area contributed by atoms with Crippen molar-refractivity contribution >= 4 is 71.7 Å². The number of hydrogen-bond acceptors (Lipinski definition) is 3. The average molecular weight is 784 g/mol. The summed E-state index contributed by atoms with van der Waals surface area (Å²) in [6, 6.07) is 64.3. The maximum absolute atomic E-state index is 7.01. The summed E-state index contributed by atoms with van der Waals surface area (Å²) in [6.07, 6.45) is 0. The number of furan rings is 2. The normalized spacial score (nSPS) is 14.5. The highest BCUT2D eigenvalue weighted by Crippen LogP contribution is 2.55. The molecule has 0 radical (unpaired) electrons. The van der Waals surface area contributed by atoms with E-state index < -0.39 is 0 Å². The van der Waals surface area contributed by atoms with Crippen LogP contribution >= 0.6 is 0 Å². The van der Waals surface area contributed by atoms with E-state index in [1.807, 2.05) is 6.07 Å². The largest absolute Gasteiger partial charge is 0.456 e. The van der Waals surface area contributed by atoms with E-state index in [2.05, 4.69) is 202 Å². The molecule has 0 bridgehead atoms. The molecule has 3 heteroatoms. The minimum Gasteiger partial charge on any atom is -0.456 e. The summed E-state index contributed by atoms with van der Waals surface area (Å²) in [5, 5.41) is 6.77. The Kier molecular flexibility index (Phi) is 6.85. The van der Waals surface area contributed by atoms with E-state index in [0.29, 0.717) is 0 Å². The van der Waals surface area contributed by atoms with Gasteiger partial charge in [-0.2, -0.15) is 0 Å². The van der Waals surface area contributed by atoms with Crippen LogP contribution in [0, 0.1) is 0 Å². The van der Waals surface area contributed by atoms with Crippen LogP contribution in [0.1, 0.15) is 49.9 Å². The van der Waals surface area contributed by atoms with Gasteiger partial charge in [-0.1, -0.05) is 149 Å². The van der Waals surface area contributed by atoms with Crippen molar-refractivity contribution in [3.8, 4) is 33.4 Å². The molecule has 0 fully saturated rings. The van der Waals surface area contributed by atoms with E-state index in [4.69, 9.17) is 8.83 Å². The van der Waals surface area contributed by atoms with Crippen molar-refractivity contribution in [1.82, 2.24) is 0 Å². The van der Waals surface area contributed by atoms with Gasteiger partial charge in [-0.15, -0.1) is 0 Å². The lowest BCUT2D eigenvalue weighted by atomic mass is 9.82. The quantitative estimate of drug-likeness (QED) is 0.178. The van der Waals surface area contributed by atoms with Crippen LogP contribution in [-0.4, -0.2) is 0 Å². The Morgan fingerprint density at radius 3 is 1.49 bits per heavy atom. The summed E-state index contributed by atoms with van der Waals surface area (Å²) in [4.78, 5) is 2.48. The molecule has 0 N–H and O–H groups in total. The number of nitrogens with zero attached hydrogens (tertiary/aromatic N) is 1. The Bertz CT molecular complexity index is 3560. The molecule has 2 aromatic heterocycles. The van der Waals surface area contributed by atoms with Crippen molar-refractivity contribution in [1.29, 1.82) is 0 Å². The summed E-state index contributed by atoms with van der Waals surface area (Å²) >= 11 is 0. The summed E-state index contributed by atoms with van der Waals surface area (Å²) in [5.74, 6) is 0. The Balaban J connectivity index is 1.09. The fraction of sp³-hybridized carbons (Fsp3) is 0.103. The van der Waals surface area contributed by atoms with Gasteiger partial charge in [0.15, 0.2) is 0 Å². The molecule has 3 nitrogen and oxygen atoms in total. The second kappa shape index (κ2) is 12.1. The zero-order valence-corrected chi connectivity index (χ0v) is 34.5. The third-order valence-corrected chi connectivity index (χ3v) is 14.1. The van der Waals surface area contributed by atoms with Gasteiger partial charge in [0, 0.05) is 38.4 Å². The van der Waals surface area contributed by atoms with Gasteiger partial charge in [-0.05, 0) is 121 Å². The molecular formula is C58H41NO2. The molecule has 11 aromatic rings. The van der Waals surface area contributed by atoms with Crippen molar-refractivity contribution in [2.75, 3.05) is 4.90 Å². The number of fused-ring (bicyclic) bond motifs is 14. The van der Waals surface area contributed by atoms with Crippen molar-refractivity contribution in [2.24, 2.45) is 0 Å². The molecule has 0 amide bonds. The number of benzene rings is 9. The average Bonchev–Trinajstić information content (AvgIpc) is 3.99. The van der Waals surface area contributed by atoms with Crippen molar-refractivity contribution in [3.05, 3.63) is 198 Å². The Morgan fingerprint density at radius 2 is 0.820 bits per heavy atom. The monoisotopic (exact) mass is 783 g/mol. The van der Waals surface area contributed by atoms with E-state index in [9.17, 15) is 0 Å². The highest BCUT2D eigenvalue weighted by molar-refractivity contribution is 6.27. The summed E-state index contributed by atoms with van der Waals surface area (Å²) in [7, 11) is 0. The van der Waals surface area contributed by atoms with Crippen LogP contribution in [-0.2, 0) is 10.8 Å². The standard InChI is InChI=1S/C58H41NO2/c1-57(2)45-21-10-7-16-37(45)39-29-27-34(31-47(39)57)59(35-28-30-40-38-17-8-11-22-46(38)58(3,4)48(40)32-35)49-23-14-26-52-56(49)55-41-18-6-5-15-36(41)44(33-53(55)61-52)42-20-13-25-51-54(42)43-19-9-12-24-50(43)60-51/h5-33H,1-4H3. The van der Waals surface area contributed by atoms with Gasteiger partial charge < -0.3 is 13.7 Å². The van der Waals surface area contributed by atoms with Crippen LogP contribution in [0.2, 0.25) is 0 Å². The third-order valence-electron chi connectivity index (χ3n) is 14.1. The van der Waals surface area contributed by atoms with Crippen molar-refractivity contribution in [2.45, 2.75) is 38.5 Å². The van der Waals surface area contributed by atoms with Gasteiger partial charge in [-0.25, -0.2) is 0 Å². The first-order chi connectivity index (χ1) is 29.8. The van der Waals surface area contributed by atoms with E-state index in [0.717, 1.165) is 77.5 Å². The van der Waals surface area contributed by atoms with Crippen LogP contribution < -0.4 is 4.90 Å². The van der Waals surface area contributed by atoms with Crippen LogP contribution in [0.4, 0.5) is 17.1 Å². The fourth-order valence-electron chi connectivity index (χ4n) is 11.2. The molecule has 9 aromatic carbocycles. The minimum atomic E-state index is -0.153. The molecule has 0 unspecified atom stereocenters. The zero-order chi connectivity index (χ0) is 40.8. The molecule has 2 heterocycles. The second-order valence-electron chi connectivity index (χ2n) is 18.0. The first kappa shape index (κ1) is 34.5. The van der Waals surface area contributed by atoms with E-state index in [-0.39, 0.29) is 10.8 Å². The molecule has 290 valence electrons. The van der Waals surface area contributed by atoms with Crippen molar-refractivity contribution < 1.29 is 8.83 Å². The highest BCUT2D eigenvalue weighted by Gasteiger charge is 2.38. The smallest absolute Gasteiger partial charge is 0.137 e. The number of rotatable bonds is 4. The van der Waals surface area contributed by atoms with Crippen LogP contribution in [0.25, 0.3) is 88.0 Å². The Hall–Kier alpha value is -7.36. The topological polar surface area (TPSA) is 29.5 Å². The molecule has 0 aliphatic heterocycles. The number of para-hydroxylation sites is 1. The van der Waals surface area contributed by atoms with Crippen LogP contribution in [0.15, 0.2) is 185 Å². The Morgan fingerprint density at radius 1 is 0.328 bits per heavy atom. The Labute approximate surface area is 354 Å². The van der Waals surface area contributed by atoms with Gasteiger partial charge in [0.2, 0.25) is 0 Å². The third kappa shape index (κ3) is 4.64. The maximum atomic E-state index is 7.01. The molecule has 61 heavy (non-hydrogen) atoms. The lowest BCUT2D eigenvalue weighted by Gasteiger charge is -2.30. The maximum Gasteiger partial charge on any atom is 0.137 e. The first-order valence-electron chi connectivity index (χ1n) is 21.3. The second-order valence-corrected chi connectivity index (χ2v) is 18.0. The number of hydrogen-bond donors (Lipinski definition) is 0. The van der Waals surface area contributed by atoms with E-state index in [1.54, 1.807) is 0 Å². The van der Waals surface area contributed by atoms with E-state index in [1.165, 1.54) is 49.9 Å². The molecule has 0 spiro atoms. The summed E-state index contributed by atoms with van der Waals surface area (Å²) in [5.41, 5.74) is 19.4. The zero-order valence-electron chi connectivity index (χ0n) is 34.5. The number of anilines is 3. The molecule has 13 rings (SSSR count). The minimum absolute atomic E-state index is 0.153. The van der Waals surface area contributed by atoms with Gasteiger partial charge in [0.1, 0.15) is 22.3 Å². The molecule has 2 aliphatic carbocycles. The molecule has 2 aliphatic rings. The van der Waals surface area contributed by atoms with Crippen LogP contribution in [0.3, 0.4) is 0 Å². The lowest BCUT2D eigenvalue weighted by Crippen LogP contribution is -2.18. The van der Waals surface area contributed by atoms with E-state index >= 15 is 0 Å². The predicted molar refractivity (Wildman–Crippen MR) is 254 cm³/mol. The summed E-state index contributed by atoms with van der Waals surface area (Å²) in [6.45, 7) is 9.45. The van der Waals surface area contributed by atoms with Gasteiger partial charge in [0.05, 0.1) is 11.1 Å². The molecule has 0 saturated heterocycles. The highest BCUT2D eigenvalue weighted by atomic mass is 16.3. The fourth-order valence-corrected chi connectivity index (χ4v) is 11.2. The van der Waals surface area contributed by atoms with Gasteiger partial charge in [-0.3, -0.25) is 0 Å². The summed E-state index contributed by atoms with van der Waals surface area (Å²) < 4.78 is 13.4. The molecule has 0 atom stereocenters. The predicted octanol–water partition coefficient (Wildman–Crippen LogP) is 16.4.